The van der Waals surface area contributed by atoms with Crippen LogP contribution in [0.3, 0.4) is 0 Å². The molecule has 1 N–H and O–H groups in total. The second-order valence-electron chi connectivity index (χ2n) is 9.24. The second-order valence-corrected chi connectivity index (χ2v) is 9.65. The monoisotopic (exact) mass is 525 g/mol. The van der Waals surface area contributed by atoms with Gasteiger partial charge in [-0.1, -0.05) is 22.8 Å². The highest BCUT2D eigenvalue weighted by Gasteiger charge is 2.38. The molecule has 1 fully saturated rings. The normalized spacial score (nSPS) is 16.3. The maximum absolute atomic E-state index is 13.4. The molecule has 0 saturated carbocycles. The lowest BCUT2D eigenvalue weighted by molar-refractivity contribution is -0.137. The molecule has 3 aromatic rings. The lowest BCUT2D eigenvalue weighted by Gasteiger charge is -2.39. The van der Waals surface area contributed by atoms with Gasteiger partial charge in [0, 0.05) is 37.4 Å². The van der Waals surface area contributed by atoms with Crippen molar-refractivity contribution in [2.45, 2.75) is 44.5 Å². The highest BCUT2D eigenvalue weighted by atomic mass is 35.5. The smallest absolute Gasteiger partial charge is 0.385 e. The molecule has 0 unspecified atom stereocenters. The minimum atomic E-state index is -4.58. The molecule has 1 aliphatic rings. The van der Waals surface area contributed by atoms with Crippen molar-refractivity contribution < 1.29 is 27.2 Å². The molecule has 2 aromatic carbocycles. The molecule has 0 spiro atoms. The van der Waals surface area contributed by atoms with Crippen LogP contribution >= 0.6 is 11.6 Å². The van der Waals surface area contributed by atoms with Crippen molar-refractivity contribution in [3.05, 3.63) is 82.0 Å². The van der Waals surface area contributed by atoms with Crippen LogP contribution in [0.5, 0.6) is 0 Å². The van der Waals surface area contributed by atoms with E-state index in [1.165, 1.54) is 24.3 Å². The number of piperidine rings is 1. The van der Waals surface area contributed by atoms with E-state index in [1.807, 2.05) is 6.92 Å². The van der Waals surface area contributed by atoms with Gasteiger partial charge < -0.3 is 19.4 Å². The quantitative estimate of drug-likeness (QED) is 0.356. The molecule has 0 amide bonds. The number of aryl methyl sites for hydroxylation is 1. The van der Waals surface area contributed by atoms with Gasteiger partial charge in [-0.25, -0.2) is 4.39 Å². The summed E-state index contributed by atoms with van der Waals surface area (Å²) in [4.78, 5) is 4.33. The first kappa shape index (κ1) is 26.4. The Labute approximate surface area is 212 Å². The standard InChI is InChI=1S/C26H28ClF4N3O2/c1-18-19(17-36-32-18)16-34(22-6-4-21(28)5-7-22)12-2-11-33-13-9-25(35,10-14-33)20-3-8-24(27)23(15-20)26(29,30)31/h3-8,15,17,35H,2,9-14,16H2,1H3. The Hall–Kier alpha value is -2.62. The summed E-state index contributed by atoms with van der Waals surface area (Å²) in [7, 11) is 0. The lowest BCUT2D eigenvalue weighted by atomic mass is 9.83. The van der Waals surface area contributed by atoms with Crippen LogP contribution in [-0.2, 0) is 18.3 Å². The molecule has 2 heterocycles. The van der Waals surface area contributed by atoms with E-state index in [0.717, 1.165) is 36.0 Å². The molecule has 1 saturated heterocycles. The number of alkyl halides is 3. The number of rotatable bonds is 8. The van der Waals surface area contributed by atoms with Crippen molar-refractivity contribution in [3.8, 4) is 0 Å². The second kappa shape index (κ2) is 10.8. The molecular formula is C26H28ClF4N3O2. The Balaban J connectivity index is 1.35. The summed E-state index contributed by atoms with van der Waals surface area (Å²) in [5.74, 6) is -0.302. The van der Waals surface area contributed by atoms with Gasteiger partial charge in [0.05, 0.1) is 21.9 Å². The van der Waals surface area contributed by atoms with E-state index < -0.39 is 17.3 Å². The van der Waals surface area contributed by atoms with E-state index in [1.54, 1.807) is 18.4 Å². The molecule has 194 valence electrons. The number of halogens is 5. The number of nitrogens with zero attached hydrogens (tertiary/aromatic N) is 3. The third kappa shape index (κ3) is 6.19. The zero-order valence-corrected chi connectivity index (χ0v) is 20.6. The Morgan fingerprint density at radius 2 is 1.83 bits per heavy atom. The lowest BCUT2D eigenvalue weighted by Crippen LogP contribution is -2.43. The van der Waals surface area contributed by atoms with Crippen LogP contribution in [-0.4, -0.2) is 41.3 Å². The first-order chi connectivity index (χ1) is 17.0. The van der Waals surface area contributed by atoms with E-state index in [-0.39, 0.29) is 16.4 Å². The summed E-state index contributed by atoms with van der Waals surface area (Å²) in [6, 6.07) is 9.96. The van der Waals surface area contributed by atoms with E-state index in [2.05, 4.69) is 15.0 Å². The first-order valence-corrected chi connectivity index (χ1v) is 12.2. The molecule has 1 aliphatic heterocycles. The number of aliphatic hydroxyl groups is 1. The van der Waals surface area contributed by atoms with Crippen LogP contribution in [0, 0.1) is 12.7 Å². The molecule has 5 nitrogen and oxygen atoms in total. The fourth-order valence-electron chi connectivity index (χ4n) is 4.57. The largest absolute Gasteiger partial charge is 0.417 e. The van der Waals surface area contributed by atoms with Crippen molar-refractivity contribution in [2.24, 2.45) is 0 Å². The van der Waals surface area contributed by atoms with E-state index in [0.29, 0.717) is 39.0 Å². The van der Waals surface area contributed by atoms with E-state index in [9.17, 15) is 22.7 Å². The predicted octanol–water partition coefficient (Wildman–Crippen LogP) is 6.17. The highest BCUT2D eigenvalue weighted by molar-refractivity contribution is 6.31. The van der Waals surface area contributed by atoms with Gasteiger partial charge in [0.15, 0.2) is 0 Å². The summed E-state index contributed by atoms with van der Waals surface area (Å²) in [6.45, 7) is 5.01. The summed E-state index contributed by atoms with van der Waals surface area (Å²) in [5, 5.41) is 14.7. The number of hydrogen-bond donors (Lipinski definition) is 1. The number of likely N-dealkylation sites (tertiary alicyclic amines) is 1. The maximum Gasteiger partial charge on any atom is 0.417 e. The third-order valence-electron chi connectivity index (χ3n) is 6.80. The molecule has 4 rings (SSSR count). The van der Waals surface area contributed by atoms with E-state index >= 15 is 0 Å². The van der Waals surface area contributed by atoms with Gasteiger partial charge in [-0.3, -0.25) is 0 Å². The van der Waals surface area contributed by atoms with E-state index in [4.69, 9.17) is 16.1 Å². The Bertz CT molecular complexity index is 1160. The Morgan fingerprint density at radius 1 is 1.14 bits per heavy atom. The van der Waals surface area contributed by atoms with Gasteiger partial charge in [-0.2, -0.15) is 13.2 Å². The van der Waals surface area contributed by atoms with Crippen molar-refractivity contribution in [3.63, 3.8) is 0 Å². The molecule has 0 atom stereocenters. The van der Waals surface area contributed by atoms with Crippen molar-refractivity contribution in [1.29, 1.82) is 0 Å². The molecule has 0 aliphatic carbocycles. The SMILES string of the molecule is Cc1nocc1CN(CCCN1CCC(O)(c2ccc(Cl)c(C(F)(F)F)c2)CC1)c1ccc(F)cc1. The molecule has 0 bridgehead atoms. The zero-order valence-electron chi connectivity index (χ0n) is 19.9. The van der Waals surface area contributed by atoms with Crippen LogP contribution in [0.25, 0.3) is 0 Å². The molecule has 10 heteroatoms. The van der Waals surface area contributed by atoms with Crippen LogP contribution in [0.15, 0.2) is 53.3 Å². The van der Waals surface area contributed by atoms with Crippen LogP contribution in [0.4, 0.5) is 23.2 Å². The van der Waals surface area contributed by atoms with Crippen LogP contribution in [0.1, 0.15) is 41.6 Å². The van der Waals surface area contributed by atoms with Gasteiger partial charge in [0.1, 0.15) is 12.1 Å². The molecular weight excluding hydrogens is 498 g/mol. The third-order valence-corrected chi connectivity index (χ3v) is 7.13. The fourth-order valence-corrected chi connectivity index (χ4v) is 4.80. The number of benzene rings is 2. The average Bonchev–Trinajstić information content (AvgIpc) is 3.24. The molecule has 0 radical (unpaired) electrons. The summed E-state index contributed by atoms with van der Waals surface area (Å²) >= 11 is 5.74. The zero-order chi connectivity index (χ0) is 25.9. The Morgan fingerprint density at radius 3 is 2.44 bits per heavy atom. The number of hydrogen-bond acceptors (Lipinski definition) is 5. The fraction of sp³-hybridized carbons (Fsp3) is 0.423. The number of aromatic nitrogens is 1. The topological polar surface area (TPSA) is 52.7 Å². The molecule has 36 heavy (non-hydrogen) atoms. The summed E-state index contributed by atoms with van der Waals surface area (Å²) < 4.78 is 58.3. The van der Waals surface area contributed by atoms with Crippen molar-refractivity contribution >= 4 is 17.3 Å². The number of anilines is 1. The Kier molecular flexibility index (Phi) is 7.92. The van der Waals surface area contributed by atoms with Crippen LogP contribution < -0.4 is 4.90 Å². The van der Waals surface area contributed by atoms with Crippen LogP contribution in [0.2, 0.25) is 5.02 Å². The van der Waals surface area contributed by atoms with Crippen molar-refractivity contribution in [1.82, 2.24) is 10.1 Å². The van der Waals surface area contributed by atoms with Gasteiger partial charge in [0.2, 0.25) is 0 Å². The van der Waals surface area contributed by atoms with Gasteiger partial charge >= 0.3 is 6.18 Å². The maximum atomic E-state index is 13.4. The van der Waals surface area contributed by atoms with Crippen molar-refractivity contribution in [2.75, 3.05) is 31.1 Å². The molecule has 1 aromatic heterocycles. The van der Waals surface area contributed by atoms with Gasteiger partial charge in [-0.15, -0.1) is 0 Å². The first-order valence-electron chi connectivity index (χ1n) is 11.8. The summed E-state index contributed by atoms with van der Waals surface area (Å²) in [5.41, 5.74) is 0.615. The highest BCUT2D eigenvalue weighted by Crippen LogP contribution is 2.40. The summed E-state index contributed by atoms with van der Waals surface area (Å²) in [6.07, 6.45) is -1.51. The predicted molar refractivity (Wildman–Crippen MR) is 129 cm³/mol. The average molecular weight is 526 g/mol. The minimum absolute atomic E-state index is 0.241. The van der Waals surface area contributed by atoms with Gasteiger partial charge in [0.25, 0.3) is 0 Å². The minimum Gasteiger partial charge on any atom is -0.385 e. The van der Waals surface area contributed by atoms with Gasteiger partial charge in [-0.05, 0) is 74.7 Å².